The number of aromatic nitrogens is 3. The lowest BCUT2D eigenvalue weighted by molar-refractivity contribution is 0.102. The zero-order chi connectivity index (χ0) is 12.4. The van der Waals surface area contributed by atoms with Crippen molar-refractivity contribution in [3.63, 3.8) is 0 Å². The molecule has 0 aliphatic carbocycles. The van der Waals surface area contributed by atoms with E-state index in [0.29, 0.717) is 11.0 Å². The van der Waals surface area contributed by atoms with E-state index < -0.39 is 11.7 Å². The van der Waals surface area contributed by atoms with E-state index in [2.05, 4.69) is 19.7 Å². The Morgan fingerprint density at radius 3 is 3.00 bits per heavy atom. The molecule has 2 aromatic rings. The highest BCUT2D eigenvalue weighted by atomic mass is 32.1. The van der Waals surface area contributed by atoms with Gasteiger partial charge in [0.15, 0.2) is 11.6 Å². The number of nitrogens with two attached hydrogens (primary N) is 1. The molecule has 0 saturated carbocycles. The van der Waals surface area contributed by atoms with Crippen molar-refractivity contribution in [1.29, 1.82) is 0 Å². The Morgan fingerprint density at radius 1 is 1.59 bits per heavy atom. The Morgan fingerprint density at radius 2 is 2.35 bits per heavy atom. The van der Waals surface area contributed by atoms with Crippen molar-refractivity contribution >= 4 is 28.4 Å². The maximum absolute atomic E-state index is 13.5. The number of rotatable bonds is 2. The largest absolute Gasteiger partial charge is 0.381 e. The molecule has 0 aliphatic heterocycles. The van der Waals surface area contributed by atoms with Crippen LogP contribution >= 0.6 is 11.5 Å². The molecule has 2 rings (SSSR count). The van der Waals surface area contributed by atoms with Crippen molar-refractivity contribution < 1.29 is 9.18 Å². The minimum Gasteiger partial charge on any atom is -0.381 e. The number of hydrogen-bond donors (Lipinski definition) is 2. The van der Waals surface area contributed by atoms with Crippen LogP contribution in [0.2, 0.25) is 0 Å². The van der Waals surface area contributed by atoms with Crippen LogP contribution in [-0.4, -0.2) is 20.2 Å². The van der Waals surface area contributed by atoms with Crippen molar-refractivity contribution in [2.45, 2.75) is 6.92 Å². The molecule has 8 heteroatoms. The number of halogens is 1. The molecule has 2 heterocycles. The number of nitrogen functional groups attached to an aromatic ring is 1. The van der Waals surface area contributed by atoms with E-state index in [1.54, 1.807) is 6.92 Å². The summed E-state index contributed by atoms with van der Waals surface area (Å²) >= 11 is 1.02. The number of amides is 1. The molecule has 0 aliphatic rings. The first-order valence-corrected chi connectivity index (χ1v) is 5.37. The van der Waals surface area contributed by atoms with Gasteiger partial charge in [0, 0.05) is 17.7 Å². The van der Waals surface area contributed by atoms with Crippen molar-refractivity contribution in [3.8, 4) is 0 Å². The van der Waals surface area contributed by atoms with E-state index in [-0.39, 0.29) is 11.4 Å². The maximum Gasteiger partial charge on any atom is 0.260 e. The second kappa shape index (κ2) is 4.42. The van der Waals surface area contributed by atoms with Crippen LogP contribution in [0, 0.1) is 12.7 Å². The Hall–Kier alpha value is -2.09. The first kappa shape index (κ1) is 11.4. The molecular weight excluding hydrogens is 245 g/mol. The van der Waals surface area contributed by atoms with Crippen molar-refractivity contribution in [1.82, 2.24) is 14.3 Å². The maximum atomic E-state index is 13.5. The zero-order valence-corrected chi connectivity index (χ0v) is 9.58. The summed E-state index contributed by atoms with van der Waals surface area (Å²) in [6, 6.07) is 1.24. The van der Waals surface area contributed by atoms with Crippen molar-refractivity contribution in [2.24, 2.45) is 0 Å². The molecule has 2 aromatic heterocycles. The molecule has 0 aromatic carbocycles. The Labute approximate surface area is 99.9 Å². The van der Waals surface area contributed by atoms with E-state index >= 15 is 0 Å². The van der Waals surface area contributed by atoms with Gasteiger partial charge in [-0.1, -0.05) is 0 Å². The summed E-state index contributed by atoms with van der Waals surface area (Å²) in [6.45, 7) is 1.69. The number of nitrogens with one attached hydrogen (secondary N) is 1. The lowest BCUT2D eigenvalue weighted by Gasteiger charge is -2.03. The van der Waals surface area contributed by atoms with Crippen LogP contribution in [0.1, 0.15) is 16.2 Å². The Balaban J connectivity index is 2.23. The van der Waals surface area contributed by atoms with Gasteiger partial charge < -0.3 is 5.73 Å². The van der Waals surface area contributed by atoms with E-state index in [4.69, 9.17) is 5.73 Å². The summed E-state index contributed by atoms with van der Waals surface area (Å²) in [4.78, 5) is 19.2. The van der Waals surface area contributed by atoms with Gasteiger partial charge in [0.25, 0.3) is 5.91 Å². The molecule has 0 atom stereocenters. The van der Waals surface area contributed by atoms with Crippen LogP contribution in [0.25, 0.3) is 0 Å². The van der Waals surface area contributed by atoms with Crippen LogP contribution in [0.4, 0.5) is 15.3 Å². The average Bonchev–Trinajstić information content (AvgIpc) is 2.68. The summed E-state index contributed by atoms with van der Waals surface area (Å²) < 4.78 is 17.4. The second-order valence-corrected chi connectivity index (χ2v) is 3.91. The van der Waals surface area contributed by atoms with Gasteiger partial charge >= 0.3 is 0 Å². The molecule has 88 valence electrons. The third-order valence-corrected chi connectivity index (χ3v) is 2.63. The monoisotopic (exact) mass is 253 g/mol. The summed E-state index contributed by atoms with van der Waals surface area (Å²) in [6.07, 6.45) is 1.26. The molecule has 1 amide bonds. The third-order valence-electron chi connectivity index (χ3n) is 1.91. The van der Waals surface area contributed by atoms with Crippen molar-refractivity contribution in [3.05, 3.63) is 29.5 Å². The average molecular weight is 253 g/mol. The minimum atomic E-state index is -0.841. The standard InChI is InChI=1S/C9H8FN5OS/c1-4-13-9(17-15-4)14-8(16)5-2-3-12-7(11)6(5)10/h2-3H,1H3,(H2,11,12)(H,13,14,15,16). The van der Waals surface area contributed by atoms with Gasteiger partial charge in [-0.05, 0) is 13.0 Å². The molecular formula is C9H8FN5OS. The predicted octanol–water partition coefficient (Wildman–Crippen LogP) is 1.22. The number of aryl methyl sites for hydroxylation is 1. The van der Waals surface area contributed by atoms with Gasteiger partial charge in [-0.3, -0.25) is 10.1 Å². The summed E-state index contributed by atoms with van der Waals surface area (Å²) in [5.74, 6) is -1.25. The van der Waals surface area contributed by atoms with E-state index in [1.165, 1.54) is 12.3 Å². The highest BCUT2D eigenvalue weighted by Crippen LogP contribution is 2.15. The van der Waals surface area contributed by atoms with Crippen LogP contribution in [0.15, 0.2) is 12.3 Å². The number of carbonyl (C=O) groups excluding carboxylic acids is 1. The number of nitrogens with zero attached hydrogens (tertiary/aromatic N) is 3. The Bertz CT molecular complexity index is 570. The molecule has 6 nitrogen and oxygen atoms in total. The van der Waals surface area contributed by atoms with Crippen molar-refractivity contribution in [2.75, 3.05) is 11.1 Å². The molecule has 17 heavy (non-hydrogen) atoms. The molecule has 0 bridgehead atoms. The topological polar surface area (TPSA) is 93.8 Å². The SMILES string of the molecule is Cc1nsc(NC(=O)c2ccnc(N)c2F)n1. The first-order chi connectivity index (χ1) is 8.08. The molecule has 0 fully saturated rings. The molecule has 3 N–H and O–H groups in total. The fourth-order valence-electron chi connectivity index (χ4n) is 1.15. The van der Waals surface area contributed by atoms with E-state index in [0.717, 1.165) is 11.5 Å². The lowest BCUT2D eigenvalue weighted by atomic mass is 10.2. The molecule has 0 spiro atoms. The molecule has 0 unspecified atom stereocenters. The summed E-state index contributed by atoms with van der Waals surface area (Å²) in [5.41, 5.74) is 5.09. The molecule has 0 radical (unpaired) electrons. The fourth-order valence-corrected chi connectivity index (χ4v) is 1.72. The number of pyridine rings is 1. The third kappa shape index (κ3) is 2.36. The number of hydrogen-bond acceptors (Lipinski definition) is 6. The zero-order valence-electron chi connectivity index (χ0n) is 8.77. The van der Waals surface area contributed by atoms with Gasteiger partial charge in [0.1, 0.15) is 5.82 Å². The highest BCUT2D eigenvalue weighted by molar-refractivity contribution is 7.09. The van der Waals surface area contributed by atoms with Crippen LogP contribution in [0.3, 0.4) is 0 Å². The number of anilines is 2. The Kier molecular flexibility index (Phi) is 2.96. The second-order valence-electron chi connectivity index (χ2n) is 3.16. The smallest absolute Gasteiger partial charge is 0.260 e. The molecule has 0 saturated heterocycles. The van der Waals surface area contributed by atoms with Crippen LogP contribution < -0.4 is 11.1 Å². The van der Waals surface area contributed by atoms with Gasteiger partial charge in [0.2, 0.25) is 5.13 Å². The highest BCUT2D eigenvalue weighted by Gasteiger charge is 2.15. The number of carbonyl (C=O) groups is 1. The lowest BCUT2D eigenvalue weighted by Crippen LogP contribution is -2.15. The van der Waals surface area contributed by atoms with E-state index in [1.807, 2.05) is 0 Å². The van der Waals surface area contributed by atoms with Crippen LogP contribution in [-0.2, 0) is 0 Å². The van der Waals surface area contributed by atoms with E-state index in [9.17, 15) is 9.18 Å². The first-order valence-electron chi connectivity index (χ1n) is 4.59. The van der Waals surface area contributed by atoms with Gasteiger partial charge in [-0.2, -0.15) is 4.37 Å². The minimum absolute atomic E-state index is 0.176. The van der Waals surface area contributed by atoms with Gasteiger partial charge in [-0.25, -0.2) is 14.4 Å². The fraction of sp³-hybridized carbons (Fsp3) is 0.111. The van der Waals surface area contributed by atoms with Gasteiger partial charge in [-0.15, -0.1) is 0 Å². The quantitative estimate of drug-likeness (QED) is 0.839. The summed E-state index contributed by atoms with van der Waals surface area (Å²) in [7, 11) is 0. The van der Waals surface area contributed by atoms with Crippen LogP contribution in [0.5, 0.6) is 0 Å². The van der Waals surface area contributed by atoms with Gasteiger partial charge in [0.05, 0.1) is 5.56 Å². The predicted molar refractivity (Wildman–Crippen MR) is 61.2 cm³/mol. The summed E-state index contributed by atoms with van der Waals surface area (Å²) in [5, 5.41) is 2.74. The normalized spacial score (nSPS) is 10.2.